The highest BCUT2D eigenvalue weighted by molar-refractivity contribution is 9.10. The number of hydrogen-bond acceptors (Lipinski definition) is 4. The minimum absolute atomic E-state index is 0.0764. The van der Waals surface area contributed by atoms with E-state index in [4.69, 9.17) is 14.2 Å². The summed E-state index contributed by atoms with van der Waals surface area (Å²) in [5, 5.41) is 4.62. The van der Waals surface area contributed by atoms with Crippen LogP contribution in [-0.4, -0.2) is 48.9 Å². The SMILES string of the molecule is COCCOCCOC12CC3CC(CC(Cn4ncc(Br)c4C)(C3)C1)C2. The second-order valence-corrected chi connectivity index (χ2v) is 9.69. The average Bonchev–Trinajstić information content (AvgIpc) is 2.88. The third-order valence-electron chi connectivity index (χ3n) is 6.72. The van der Waals surface area contributed by atoms with E-state index >= 15 is 0 Å². The molecule has 6 heteroatoms. The lowest BCUT2D eigenvalue weighted by Gasteiger charge is -2.61. The van der Waals surface area contributed by atoms with Crippen molar-refractivity contribution in [3.63, 3.8) is 0 Å². The summed E-state index contributed by atoms with van der Waals surface area (Å²) in [4.78, 5) is 0. The Bertz CT molecular complexity index is 619. The molecule has 0 radical (unpaired) electrons. The quantitative estimate of drug-likeness (QED) is 0.560. The number of rotatable bonds is 9. The van der Waals surface area contributed by atoms with E-state index in [0.29, 0.717) is 31.8 Å². The summed E-state index contributed by atoms with van der Waals surface area (Å²) in [7, 11) is 1.70. The van der Waals surface area contributed by atoms with Crippen LogP contribution < -0.4 is 0 Å². The van der Waals surface area contributed by atoms with E-state index in [1.54, 1.807) is 7.11 Å². The van der Waals surface area contributed by atoms with Crippen LogP contribution in [-0.2, 0) is 20.8 Å². The molecule has 1 aromatic rings. The minimum atomic E-state index is 0.0764. The molecule has 1 heterocycles. The smallest absolute Gasteiger partial charge is 0.0708 e. The van der Waals surface area contributed by atoms with Crippen molar-refractivity contribution in [2.75, 3.05) is 33.5 Å². The van der Waals surface area contributed by atoms with Gasteiger partial charge in [0.15, 0.2) is 0 Å². The van der Waals surface area contributed by atoms with Crippen LogP contribution in [0.4, 0.5) is 0 Å². The molecule has 5 rings (SSSR count). The number of methoxy groups -OCH3 is 1. The Labute approximate surface area is 164 Å². The Kier molecular flexibility index (Phi) is 5.48. The number of halogens is 1. The standard InChI is InChI=1S/C20H31BrN2O3/c1-15-18(21)12-22-23(15)14-19-8-16-7-17(9-19)11-20(10-16,13-19)26-6-5-25-4-3-24-2/h12,16-17H,3-11,13-14H2,1-2H3. The van der Waals surface area contributed by atoms with Crippen molar-refractivity contribution in [3.8, 4) is 0 Å². The van der Waals surface area contributed by atoms with Crippen LogP contribution in [0.15, 0.2) is 10.7 Å². The van der Waals surface area contributed by atoms with Gasteiger partial charge in [-0.3, -0.25) is 4.68 Å². The van der Waals surface area contributed by atoms with Gasteiger partial charge in [0.1, 0.15) is 0 Å². The normalized spacial score (nSPS) is 35.3. The van der Waals surface area contributed by atoms with Crippen molar-refractivity contribution in [1.82, 2.24) is 9.78 Å². The molecule has 0 aliphatic heterocycles. The summed E-state index contributed by atoms with van der Waals surface area (Å²) in [6, 6.07) is 0. The van der Waals surface area contributed by atoms with Gasteiger partial charge in [-0.15, -0.1) is 0 Å². The van der Waals surface area contributed by atoms with Gasteiger partial charge in [0, 0.05) is 19.3 Å². The third-order valence-corrected chi connectivity index (χ3v) is 7.50. The Morgan fingerprint density at radius 3 is 2.54 bits per heavy atom. The highest BCUT2D eigenvalue weighted by atomic mass is 79.9. The fourth-order valence-electron chi connectivity index (χ4n) is 6.18. The molecule has 4 saturated carbocycles. The molecular weight excluding hydrogens is 396 g/mol. The first kappa shape index (κ1) is 18.9. The van der Waals surface area contributed by atoms with Crippen LogP contribution >= 0.6 is 15.9 Å². The molecule has 2 atom stereocenters. The maximum Gasteiger partial charge on any atom is 0.0708 e. The first-order valence-electron chi connectivity index (χ1n) is 9.92. The number of ether oxygens (including phenoxy) is 3. The molecule has 146 valence electrons. The van der Waals surface area contributed by atoms with Crippen molar-refractivity contribution in [2.24, 2.45) is 17.3 Å². The number of aromatic nitrogens is 2. The zero-order chi connectivity index (χ0) is 18.2. The second kappa shape index (κ2) is 7.53. The van der Waals surface area contributed by atoms with Gasteiger partial charge < -0.3 is 14.2 Å². The summed E-state index contributed by atoms with van der Waals surface area (Å²) in [5.41, 5.74) is 1.67. The van der Waals surface area contributed by atoms with Gasteiger partial charge in [-0.1, -0.05) is 0 Å². The highest BCUT2D eigenvalue weighted by Gasteiger charge is 2.58. The third kappa shape index (κ3) is 3.75. The molecule has 0 aromatic carbocycles. The molecule has 0 saturated heterocycles. The maximum absolute atomic E-state index is 6.52. The minimum Gasteiger partial charge on any atom is -0.382 e. The van der Waals surface area contributed by atoms with Crippen LogP contribution in [0.1, 0.15) is 44.2 Å². The van der Waals surface area contributed by atoms with Gasteiger partial charge in [0.05, 0.1) is 42.7 Å². The second-order valence-electron chi connectivity index (χ2n) is 8.83. The highest BCUT2D eigenvalue weighted by Crippen LogP contribution is 2.63. The van der Waals surface area contributed by atoms with Crippen molar-refractivity contribution >= 4 is 15.9 Å². The molecule has 4 fully saturated rings. The lowest BCUT2D eigenvalue weighted by molar-refractivity contribution is -0.201. The molecule has 0 amide bonds. The van der Waals surface area contributed by atoms with Crippen molar-refractivity contribution in [1.29, 1.82) is 0 Å². The molecular formula is C20H31BrN2O3. The number of nitrogens with zero attached hydrogens (tertiary/aromatic N) is 2. The lowest BCUT2D eigenvalue weighted by Crippen LogP contribution is -2.58. The molecule has 4 aliphatic rings. The topological polar surface area (TPSA) is 45.5 Å². The molecule has 0 spiro atoms. The Hall–Kier alpha value is -0.430. The van der Waals surface area contributed by atoms with Gasteiger partial charge in [-0.25, -0.2) is 0 Å². The van der Waals surface area contributed by atoms with Crippen LogP contribution in [0.25, 0.3) is 0 Å². The van der Waals surface area contributed by atoms with Crippen LogP contribution in [0.3, 0.4) is 0 Å². The molecule has 4 bridgehead atoms. The zero-order valence-corrected chi connectivity index (χ0v) is 17.6. The maximum atomic E-state index is 6.52. The Morgan fingerprint density at radius 1 is 1.15 bits per heavy atom. The fraction of sp³-hybridized carbons (Fsp3) is 0.850. The summed E-state index contributed by atoms with van der Waals surface area (Å²) >= 11 is 3.61. The Balaban J connectivity index is 1.41. The molecule has 2 unspecified atom stereocenters. The first-order chi connectivity index (χ1) is 12.5. The Morgan fingerprint density at radius 2 is 1.88 bits per heavy atom. The van der Waals surface area contributed by atoms with Crippen LogP contribution in [0, 0.1) is 24.2 Å². The van der Waals surface area contributed by atoms with Crippen LogP contribution in [0.5, 0.6) is 0 Å². The predicted octanol–water partition coefficient (Wildman–Crippen LogP) is 3.97. The van der Waals surface area contributed by atoms with Gasteiger partial charge in [0.2, 0.25) is 0 Å². The van der Waals surface area contributed by atoms with Gasteiger partial charge in [-0.2, -0.15) is 5.10 Å². The van der Waals surface area contributed by atoms with E-state index in [1.807, 2.05) is 6.20 Å². The van der Waals surface area contributed by atoms with Crippen molar-refractivity contribution in [2.45, 2.75) is 57.6 Å². The van der Waals surface area contributed by atoms with E-state index < -0.39 is 0 Å². The van der Waals surface area contributed by atoms with Crippen molar-refractivity contribution < 1.29 is 14.2 Å². The summed E-state index contributed by atoms with van der Waals surface area (Å²) in [5.74, 6) is 1.65. The monoisotopic (exact) mass is 426 g/mol. The summed E-state index contributed by atoms with van der Waals surface area (Å²) in [6.45, 7) is 5.85. The molecule has 1 aromatic heterocycles. The first-order valence-corrected chi connectivity index (χ1v) is 10.7. The largest absolute Gasteiger partial charge is 0.382 e. The molecule has 5 nitrogen and oxygen atoms in total. The predicted molar refractivity (Wildman–Crippen MR) is 103 cm³/mol. The zero-order valence-electron chi connectivity index (χ0n) is 16.0. The molecule has 26 heavy (non-hydrogen) atoms. The van der Waals surface area contributed by atoms with Gasteiger partial charge in [-0.05, 0) is 78.6 Å². The van der Waals surface area contributed by atoms with Gasteiger partial charge in [0.25, 0.3) is 0 Å². The van der Waals surface area contributed by atoms with E-state index in [9.17, 15) is 0 Å². The van der Waals surface area contributed by atoms with E-state index in [1.165, 1.54) is 44.2 Å². The van der Waals surface area contributed by atoms with E-state index in [0.717, 1.165) is 22.9 Å². The molecule has 4 aliphatic carbocycles. The van der Waals surface area contributed by atoms with Gasteiger partial charge >= 0.3 is 0 Å². The van der Waals surface area contributed by atoms with E-state index in [-0.39, 0.29) is 5.60 Å². The molecule has 0 N–H and O–H groups in total. The fourth-order valence-corrected chi connectivity index (χ4v) is 6.48. The summed E-state index contributed by atoms with van der Waals surface area (Å²) < 4.78 is 20.5. The lowest BCUT2D eigenvalue weighted by atomic mass is 9.48. The average molecular weight is 427 g/mol. The van der Waals surface area contributed by atoms with Crippen molar-refractivity contribution in [3.05, 3.63) is 16.4 Å². The number of hydrogen-bond donors (Lipinski definition) is 0. The summed E-state index contributed by atoms with van der Waals surface area (Å²) in [6.07, 6.45) is 9.68. The van der Waals surface area contributed by atoms with Crippen LogP contribution in [0.2, 0.25) is 0 Å². The van der Waals surface area contributed by atoms with E-state index in [2.05, 4.69) is 32.6 Å².